The Morgan fingerprint density at radius 1 is 1.16 bits per heavy atom. The minimum Gasteiger partial charge on any atom is -0.324 e. The molecule has 25 heavy (non-hydrogen) atoms. The summed E-state index contributed by atoms with van der Waals surface area (Å²) in [6.07, 6.45) is 1.84. The van der Waals surface area contributed by atoms with Gasteiger partial charge in [0.05, 0.1) is 11.9 Å². The molecule has 0 atom stereocenters. The number of hydrogen-bond acceptors (Lipinski definition) is 3. The minimum atomic E-state index is -3.61. The van der Waals surface area contributed by atoms with Gasteiger partial charge in [-0.3, -0.25) is 9.10 Å². The van der Waals surface area contributed by atoms with Crippen LogP contribution in [-0.4, -0.2) is 27.1 Å². The molecular formula is C18H21ClN2O3S. The third-order valence-corrected chi connectivity index (χ3v) is 5.20. The average Bonchev–Trinajstić information content (AvgIpc) is 2.54. The van der Waals surface area contributed by atoms with Crippen LogP contribution in [0.4, 0.5) is 11.4 Å². The number of halogens is 1. The van der Waals surface area contributed by atoms with E-state index in [1.165, 1.54) is 0 Å². The van der Waals surface area contributed by atoms with Crippen molar-refractivity contribution in [3.8, 4) is 0 Å². The fourth-order valence-electron chi connectivity index (χ4n) is 2.52. The van der Waals surface area contributed by atoms with E-state index in [2.05, 4.69) is 5.32 Å². The highest BCUT2D eigenvalue weighted by Gasteiger charge is 2.21. The highest BCUT2D eigenvalue weighted by Crippen LogP contribution is 2.23. The first-order valence-electron chi connectivity index (χ1n) is 7.84. The normalized spacial score (nSPS) is 11.2. The van der Waals surface area contributed by atoms with Gasteiger partial charge in [0, 0.05) is 10.7 Å². The van der Waals surface area contributed by atoms with E-state index < -0.39 is 15.9 Å². The van der Waals surface area contributed by atoms with Gasteiger partial charge in [-0.1, -0.05) is 36.7 Å². The standard InChI is InChI=1S/C18H21ClN2O3S/c1-4-14-7-5-6-13(2)18(14)20-17(22)12-21(25(3,23)24)16-10-8-15(19)9-11-16/h5-11H,4,12H2,1-3H3,(H,20,22). The molecule has 2 rings (SSSR count). The van der Waals surface area contributed by atoms with E-state index in [-0.39, 0.29) is 6.54 Å². The van der Waals surface area contributed by atoms with Crippen molar-refractivity contribution in [2.45, 2.75) is 20.3 Å². The molecule has 0 bridgehead atoms. The lowest BCUT2D eigenvalue weighted by Crippen LogP contribution is -2.37. The second kappa shape index (κ2) is 7.89. The van der Waals surface area contributed by atoms with Gasteiger partial charge in [0.1, 0.15) is 6.54 Å². The highest BCUT2D eigenvalue weighted by atomic mass is 35.5. The molecule has 0 spiro atoms. The summed E-state index contributed by atoms with van der Waals surface area (Å²) in [5.74, 6) is -0.399. The summed E-state index contributed by atoms with van der Waals surface area (Å²) in [5.41, 5.74) is 3.07. The zero-order valence-corrected chi connectivity index (χ0v) is 16.0. The maximum absolute atomic E-state index is 12.5. The van der Waals surface area contributed by atoms with Crippen LogP contribution in [0.3, 0.4) is 0 Å². The molecule has 0 unspecified atom stereocenters. The summed E-state index contributed by atoms with van der Waals surface area (Å²) in [6.45, 7) is 3.60. The number of benzene rings is 2. The number of amides is 1. The molecule has 5 nitrogen and oxygen atoms in total. The molecule has 0 aliphatic heterocycles. The number of carbonyl (C=O) groups is 1. The lowest BCUT2D eigenvalue weighted by atomic mass is 10.1. The van der Waals surface area contributed by atoms with Crippen LogP contribution in [0.5, 0.6) is 0 Å². The zero-order valence-electron chi connectivity index (χ0n) is 14.4. The molecule has 0 aliphatic rings. The van der Waals surface area contributed by atoms with Crippen LogP contribution in [0, 0.1) is 6.92 Å². The molecule has 0 fully saturated rings. The topological polar surface area (TPSA) is 66.5 Å². The van der Waals surface area contributed by atoms with Gasteiger partial charge in [0.2, 0.25) is 15.9 Å². The fourth-order valence-corrected chi connectivity index (χ4v) is 3.50. The molecule has 1 N–H and O–H groups in total. The van der Waals surface area contributed by atoms with Crippen molar-refractivity contribution in [3.63, 3.8) is 0 Å². The number of aryl methyl sites for hydroxylation is 2. The van der Waals surface area contributed by atoms with Crippen LogP contribution >= 0.6 is 11.6 Å². The molecular weight excluding hydrogens is 360 g/mol. The summed E-state index contributed by atoms with van der Waals surface area (Å²) in [7, 11) is -3.61. The first kappa shape index (κ1) is 19.3. The Morgan fingerprint density at radius 2 is 1.80 bits per heavy atom. The summed E-state index contributed by atoms with van der Waals surface area (Å²) < 4.78 is 25.3. The predicted molar refractivity (Wildman–Crippen MR) is 103 cm³/mol. The Bertz CT molecular complexity index is 864. The summed E-state index contributed by atoms with van der Waals surface area (Å²) >= 11 is 5.85. The number of anilines is 2. The fraction of sp³-hybridized carbons (Fsp3) is 0.278. The van der Waals surface area contributed by atoms with Crippen LogP contribution < -0.4 is 9.62 Å². The molecule has 2 aromatic carbocycles. The van der Waals surface area contributed by atoms with Crippen molar-refractivity contribution >= 4 is 38.9 Å². The molecule has 0 heterocycles. The zero-order chi connectivity index (χ0) is 18.6. The highest BCUT2D eigenvalue weighted by molar-refractivity contribution is 7.92. The average molecular weight is 381 g/mol. The largest absolute Gasteiger partial charge is 0.324 e. The van der Waals surface area contributed by atoms with Crippen molar-refractivity contribution in [1.29, 1.82) is 0 Å². The molecule has 2 aromatic rings. The Labute approximate surface area is 153 Å². The minimum absolute atomic E-state index is 0.308. The second-order valence-electron chi connectivity index (χ2n) is 5.76. The van der Waals surface area contributed by atoms with Gasteiger partial charge in [-0.15, -0.1) is 0 Å². The van der Waals surface area contributed by atoms with Gasteiger partial charge >= 0.3 is 0 Å². The Morgan fingerprint density at radius 3 is 2.36 bits per heavy atom. The third kappa shape index (κ3) is 4.96. The molecule has 0 radical (unpaired) electrons. The van der Waals surface area contributed by atoms with Crippen LogP contribution in [0.2, 0.25) is 5.02 Å². The van der Waals surface area contributed by atoms with Gasteiger partial charge in [0.25, 0.3) is 0 Å². The quantitative estimate of drug-likeness (QED) is 0.832. The monoisotopic (exact) mass is 380 g/mol. The van der Waals surface area contributed by atoms with Crippen LogP contribution in [0.15, 0.2) is 42.5 Å². The van der Waals surface area contributed by atoms with Crippen molar-refractivity contribution < 1.29 is 13.2 Å². The van der Waals surface area contributed by atoms with Gasteiger partial charge in [-0.25, -0.2) is 8.42 Å². The van der Waals surface area contributed by atoms with E-state index in [4.69, 9.17) is 11.6 Å². The maximum Gasteiger partial charge on any atom is 0.245 e. The van der Waals surface area contributed by atoms with Crippen molar-refractivity contribution in [3.05, 3.63) is 58.6 Å². The number of nitrogens with one attached hydrogen (secondary N) is 1. The smallest absolute Gasteiger partial charge is 0.245 e. The number of hydrogen-bond donors (Lipinski definition) is 1. The lowest BCUT2D eigenvalue weighted by Gasteiger charge is -2.22. The SMILES string of the molecule is CCc1cccc(C)c1NC(=O)CN(c1ccc(Cl)cc1)S(C)(=O)=O. The number of sulfonamides is 1. The van der Waals surface area contributed by atoms with Crippen molar-refractivity contribution in [2.24, 2.45) is 0 Å². The van der Waals surface area contributed by atoms with E-state index >= 15 is 0 Å². The lowest BCUT2D eigenvalue weighted by molar-refractivity contribution is -0.114. The number of carbonyl (C=O) groups excluding carboxylic acids is 1. The van der Waals surface area contributed by atoms with Crippen molar-refractivity contribution in [1.82, 2.24) is 0 Å². The molecule has 7 heteroatoms. The molecule has 0 saturated carbocycles. The van der Waals surface area contributed by atoms with Crippen LogP contribution in [0.25, 0.3) is 0 Å². The number of rotatable bonds is 6. The number of nitrogens with zero attached hydrogens (tertiary/aromatic N) is 1. The molecule has 0 aliphatic carbocycles. The first-order chi connectivity index (χ1) is 11.7. The Hall–Kier alpha value is -2.05. The Balaban J connectivity index is 2.25. The third-order valence-electron chi connectivity index (χ3n) is 3.81. The van der Waals surface area contributed by atoms with Crippen LogP contribution in [0.1, 0.15) is 18.1 Å². The predicted octanol–water partition coefficient (Wildman–Crippen LogP) is 3.62. The van der Waals surface area contributed by atoms with Crippen molar-refractivity contribution in [2.75, 3.05) is 22.4 Å². The number of para-hydroxylation sites is 1. The summed E-state index contributed by atoms with van der Waals surface area (Å²) in [6, 6.07) is 12.1. The van der Waals surface area contributed by atoms with E-state index in [9.17, 15) is 13.2 Å². The van der Waals surface area contributed by atoms with Crippen LogP contribution in [-0.2, 0) is 21.2 Å². The first-order valence-corrected chi connectivity index (χ1v) is 10.1. The molecule has 0 saturated heterocycles. The summed E-state index contributed by atoms with van der Waals surface area (Å²) in [5, 5.41) is 3.34. The van der Waals surface area contributed by atoms with E-state index in [0.717, 1.165) is 33.8 Å². The van der Waals surface area contributed by atoms with Gasteiger partial charge in [-0.2, -0.15) is 0 Å². The summed E-state index contributed by atoms with van der Waals surface area (Å²) in [4.78, 5) is 12.5. The van der Waals surface area contributed by atoms with Gasteiger partial charge in [-0.05, 0) is 48.7 Å². The van der Waals surface area contributed by atoms with Gasteiger partial charge in [0.15, 0.2) is 0 Å². The van der Waals surface area contributed by atoms with E-state index in [1.807, 2.05) is 32.0 Å². The Kier molecular flexibility index (Phi) is 6.08. The molecule has 0 aromatic heterocycles. The second-order valence-corrected chi connectivity index (χ2v) is 8.10. The molecule has 134 valence electrons. The molecule has 1 amide bonds. The maximum atomic E-state index is 12.5. The van der Waals surface area contributed by atoms with E-state index in [0.29, 0.717) is 10.7 Å². The van der Waals surface area contributed by atoms with Gasteiger partial charge < -0.3 is 5.32 Å². The van der Waals surface area contributed by atoms with E-state index in [1.54, 1.807) is 24.3 Å².